The first-order valence-corrected chi connectivity index (χ1v) is 5.54. The fourth-order valence-corrected chi connectivity index (χ4v) is 1.45. The third kappa shape index (κ3) is 4.57. The molecule has 0 heterocycles. The normalized spacial score (nSPS) is 16.3. The molecule has 0 aromatic rings. The zero-order valence-corrected chi connectivity index (χ0v) is 10.9. The topological polar surface area (TPSA) is 26.3 Å². The Bertz CT molecular complexity index is 396. The molecule has 0 amide bonds. The summed E-state index contributed by atoms with van der Waals surface area (Å²) < 4.78 is 105. The van der Waals surface area contributed by atoms with Crippen molar-refractivity contribution in [3.63, 3.8) is 0 Å². The van der Waals surface area contributed by atoms with E-state index in [0.717, 1.165) is 13.8 Å². The predicted molar refractivity (Wildman–Crippen MR) is 55.5 cm³/mol. The molecule has 2 nitrogen and oxygen atoms in total. The second kappa shape index (κ2) is 6.18. The Hall–Kier alpha value is -1.35. The summed E-state index contributed by atoms with van der Waals surface area (Å²) in [6.45, 7) is 4.91. The Labute approximate surface area is 114 Å². The molecule has 0 aromatic carbocycles. The van der Waals surface area contributed by atoms with Crippen molar-refractivity contribution in [3.8, 4) is 0 Å². The molecule has 0 N–H and O–H groups in total. The van der Waals surface area contributed by atoms with Gasteiger partial charge in [0.15, 0.2) is 5.92 Å². The van der Waals surface area contributed by atoms with Crippen LogP contribution in [-0.4, -0.2) is 30.3 Å². The van der Waals surface area contributed by atoms with Crippen LogP contribution in [0.2, 0.25) is 0 Å². The van der Waals surface area contributed by atoms with Gasteiger partial charge in [0.1, 0.15) is 6.10 Å². The molecule has 2 atom stereocenters. The lowest BCUT2D eigenvalue weighted by Gasteiger charge is -2.34. The van der Waals surface area contributed by atoms with Crippen molar-refractivity contribution in [2.24, 2.45) is 5.92 Å². The summed E-state index contributed by atoms with van der Waals surface area (Å²) in [5.41, 5.74) is -0.426. The number of hydrogen-bond acceptors (Lipinski definition) is 2. The van der Waals surface area contributed by atoms with Gasteiger partial charge >= 0.3 is 24.2 Å². The predicted octanol–water partition coefficient (Wildman–Crippen LogP) is 4.26. The Morgan fingerprint density at radius 2 is 1.52 bits per heavy atom. The van der Waals surface area contributed by atoms with Gasteiger partial charge in [0.05, 0.1) is 0 Å². The van der Waals surface area contributed by atoms with E-state index in [1.165, 1.54) is 0 Å². The van der Waals surface area contributed by atoms with E-state index in [9.17, 15) is 39.9 Å². The molecule has 0 aliphatic heterocycles. The highest BCUT2D eigenvalue weighted by Gasteiger charge is 2.72. The highest BCUT2D eigenvalue weighted by Crippen LogP contribution is 2.50. The molecule has 0 saturated heterocycles. The average Bonchev–Trinajstić information content (AvgIpc) is 2.23. The number of alkyl halides is 8. The van der Waals surface area contributed by atoms with Crippen molar-refractivity contribution in [3.05, 3.63) is 12.2 Å². The smallest absolute Gasteiger partial charge is 0.454 e. The molecule has 0 saturated carbocycles. The summed E-state index contributed by atoms with van der Waals surface area (Å²) in [5, 5.41) is 0. The van der Waals surface area contributed by atoms with Gasteiger partial charge in [-0.25, -0.2) is 4.79 Å². The molecule has 0 spiro atoms. The number of carbonyl (C=O) groups is 1. The molecule has 21 heavy (non-hydrogen) atoms. The van der Waals surface area contributed by atoms with Crippen molar-refractivity contribution in [2.75, 3.05) is 0 Å². The molecule has 0 aliphatic rings. The van der Waals surface area contributed by atoms with Crippen LogP contribution >= 0.6 is 0 Å². The minimum absolute atomic E-state index is 0.426. The Morgan fingerprint density at radius 1 is 1.10 bits per heavy atom. The van der Waals surface area contributed by atoms with E-state index in [1.807, 2.05) is 0 Å². The number of ether oxygens (including phenoxy) is 1. The first-order valence-electron chi connectivity index (χ1n) is 5.54. The van der Waals surface area contributed by atoms with Crippen LogP contribution in [0.15, 0.2) is 12.2 Å². The summed E-state index contributed by atoms with van der Waals surface area (Å²) in [4.78, 5) is 11.1. The van der Waals surface area contributed by atoms with Gasteiger partial charge in [0.2, 0.25) is 0 Å². The van der Waals surface area contributed by atoms with E-state index in [2.05, 4.69) is 11.3 Å². The molecule has 0 aliphatic carbocycles. The Morgan fingerprint density at radius 3 is 1.76 bits per heavy atom. The van der Waals surface area contributed by atoms with Gasteiger partial charge in [-0.1, -0.05) is 13.5 Å². The van der Waals surface area contributed by atoms with Crippen LogP contribution in [0.5, 0.6) is 0 Å². The standard InChI is InChI=1S/C11H12F8O2/c1-4-6(21-8(20)5(2)3)7(10(14,15)16)9(12,13)11(17,18)19/h6-7H,2,4H2,1,3H3. The second-order valence-electron chi connectivity index (χ2n) is 4.27. The van der Waals surface area contributed by atoms with E-state index >= 15 is 0 Å². The van der Waals surface area contributed by atoms with Crippen LogP contribution in [0.1, 0.15) is 20.3 Å². The zero-order chi connectivity index (χ0) is 17.2. The Balaban J connectivity index is 5.71. The van der Waals surface area contributed by atoms with Crippen LogP contribution in [0.25, 0.3) is 0 Å². The highest BCUT2D eigenvalue weighted by molar-refractivity contribution is 5.87. The lowest BCUT2D eigenvalue weighted by molar-refractivity contribution is -0.358. The maximum atomic E-state index is 13.1. The molecule has 124 valence electrons. The molecule has 0 fully saturated rings. The Kier molecular flexibility index (Phi) is 5.79. The highest BCUT2D eigenvalue weighted by atomic mass is 19.4. The largest absolute Gasteiger partial charge is 0.458 e. The van der Waals surface area contributed by atoms with Crippen LogP contribution in [-0.2, 0) is 9.53 Å². The summed E-state index contributed by atoms with van der Waals surface area (Å²) in [6.07, 6.45) is -15.9. The van der Waals surface area contributed by atoms with Gasteiger partial charge in [0.25, 0.3) is 0 Å². The first kappa shape index (κ1) is 19.7. The molecule has 10 heteroatoms. The first-order chi connectivity index (χ1) is 9.16. The summed E-state index contributed by atoms with van der Waals surface area (Å²) >= 11 is 0. The second-order valence-corrected chi connectivity index (χ2v) is 4.27. The molecule has 0 bridgehead atoms. The van der Waals surface area contributed by atoms with Crippen LogP contribution in [0, 0.1) is 5.92 Å². The van der Waals surface area contributed by atoms with Crippen molar-refractivity contribution in [2.45, 2.75) is 44.6 Å². The van der Waals surface area contributed by atoms with Crippen LogP contribution in [0.4, 0.5) is 35.1 Å². The lowest BCUT2D eigenvalue weighted by atomic mass is 9.91. The maximum Gasteiger partial charge on any atom is 0.454 e. The van der Waals surface area contributed by atoms with Gasteiger partial charge in [-0.3, -0.25) is 0 Å². The number of rotatable bonds is 5. The molecular weight excluding hydrogens is 316 g/mol. The van der Waals surface area contributed by atoms with Crippen molar-refractivity contribution in [1.82, 2.24) is 0 Å². The van der Waals surface area contributed by atoms with Gasteiger partial charge < -0.3 is 4.74 Å². The maximum absolute atomic E-state index is 13.1. The van der Waals surface area contributed by atoms with Crippen LogP contribution < -0.4 is 0 Å². The van der Waals surface area contributed by atoms with E-state index in [0.29, 0.717) is 0 Å². The molecule has 0 rings (SSSR count). The quantitative estimate of drug-likeness (QED) is 0.428. The number of carbonyl (C=O) groups excluding carboxylic acids is 1. The van der Waals surface area contributed by atoms with E-state index in [-0.39, 0.29) is 0 Å². The summed E-state index contributed by atoms with van der Waals surface area (Å²) in [7, 11) is 0. The third-order valence-corrected chi connectivity index (χ3v) is 2.50. The van der Waals surface area contributed by atoms with Gasteiger partial charge in [-0.05, 0) is 13.3 Å². The fraction of sp³-hybridized carbons (Fsp3) is 0.727. The monoisotopic (exact) mass is 328 g/mol. The molecule has 0 radical (unpaired) electrons. The number of esters is 1. The summed E-state index contributed by atoms with van der Waals surface area (Å²) in [6, 6.07) is 0. The lowest BCUT2D eigenvalue weighted by Crippen LogP contribution is -2.55. The van der Waals surface area contributed by atoms with Crippen molar-refractivity contribution in [1.29, 1.82) is 0 Å². The van der Waals surface area contributed by atoms with E-state index in [1.54, 1.807) is 0 Å². The van der Waals surface area contributed by atoms with E-state index in [4.69, 9.17) is 0 Å². The third-order valence-electron chi connectivity index (χ3n) is 2.50. The van der Waals surface area contributed by atoms with Gasteiger partial charge in [-0.2, -0.15) is 35.1 Å². The average molecular weight is 328 g/mol. The number of hydrogen-bond donors (Lipinski definition) is 0. The fourth-order valence-electron chi connectivity index (χ4n) is 1.45. The minimum Gasteiger partial charge on any atom is -0.458 e. The zero-order valence-electron chi connectivity index (χ0n) is 10.9. The van der Waals surface area contributed by atoms with Gasteiger partial charge in [0, 0.05) is 5.57 Å². The summed E-state index contributed by atoms with van der Waals surface area (Å²) in [5.74, 6) is -11.8. The molecule has 2 unspecified atom stereocenters. The minimum atomic E-state index is -6.43. The number of halogens is 8. The molecular formula is C11H12F8O2. The SMILES string of the molecule is C=C(C)C(=O)OC(CC)C(C(F)(F)F)C(F)(F)C(F)(F)F. The van der Waals surface area contributed by atoms with Crippen molar-refractivity contribution < 1.29 is 44.7 Å². The van der Waals surface area contributed by atoms with Crippen molar-refractivity contribution >= 4 is 5.97 Å². The van der Waals surface area contributed by atoms with E-state index < -0.39 is 48.3 Å². The van der Waals surface area contributed by atoms with Gasteiger partial charge in [-0.15, -0.1) is 0 Å². The van der Waals surface area contributed by atoms with Crippen LogP contribution in [0.3, 0.4) is 0 Å². The molecule has 0 aromatic heterocycles.